The second-order valence-electron chi connectivity index (χ2n) is 5.31. The molecular formula is C15H21BrFN. The molecule has 1 fully saturated rings. The minimum atomic E-state index is -0.167. The molecule has 0 radical (unpaired) electrons. The standard InChI is InChI=1S/C15H21BrFN/c1-18-14-5-3-2-4-11(9-14)8-12-6-7-13(17)10-15(12)16/h6-7,10-11,14,18H,2-5,8-9H2,1H3. The summed E-state index contributed by atoms with van der Waals surface area (Å²) in [5.74, 6) is 0.548. The molecule has 0 heterocycles. The summed E-state index contributed by atoms with van der Waals surface area (Å²) in [6, 6.07) is 5.70. The molecule has 0 saturated heterocycles. The lowest BCUT2D eigenvalue weighted by Crippen LogP contribution is -2.26. The number of halogens is 2. The van der Waals surface area contributed by atoms with Crippen LogP contribution in [0.2, 0.25) is 0 Å². The molecule has 1 aliphatic rings. The van der Waals surface area contributed by atoms with Gasteiger partial charge in [0.1, 0.15) is 5.82 Å². The zero-order chi connectivity index (χ0) is 13.0. The van der Waals surface area contributed by atoms with E-state index in [0.717, 1.165) is 10.9 Å². The van der Waals surface area contributed by atoms with Crippen LogP contribution < -0.4 is 5.32 Å². The van der Waals surface area contributed by atoms with Gasteiger partial charge >= 0.3 is 0 Å². The zero-order valence-electron chi connectivity index (χ0n) is 10.9. The lowest BCUT2D eigenvalue weighted by atomic mass is 9.91. The quantitative estimate of drug-likeness (QED) is 0.820. The Morgan fingerprint density at radius 2 is 2.11 bits per heavy atom. The highest BCUT2D eigenvalue weighted by Gasteiger charge is 2.20. The highest BCUT2D eigenvalue weighted by Crippen LogP contribution is 2.29. The molecule has 0 bridgehead atoms. The topological polar surface area (TPSA) is 12.0 Å². The highest BCUT2D eigenvalue weighted by atomic mass is 79.9. The Balaban J connectivity index is 2.02. The van der Waals surface area contributed by atoms with E-state index in [1.54, 1.807) is 12.1 Å². The summed E-state index contributed by atoms with van der Waals surface area (Å²) < 4.78 is 14.0. The Labute approximate surface area is 117 Å². The fraction of sp³-hybridized carbons (Fsp3) is 0.600. The predicted molar refractivity (Wildman–Crippen MR) is 77.2 cm³/mol. The molecule has 0 amide bonds. The van der Waals surface area contributed by atoms with Gasteiger partial charge in [0.25, 0.3) is 0 Å². The first-order valence-corrected chi connectivity index (χ1v) is 7.59. The normalized spacial score (nSPS) is 24.8. The van der Waals surface area contributed by atoms with Crippen molar-refractivity contribution in [2.24, 2.45) is 5.92 Å². The van der Waals surface area contributed by atoms with Crippen molar-refractivity contribution in [1.82, 2.24) is 5.32 Å². The van der Waals surface area contributed by atoms with E-state index in [1.807, 2.05) is 6.07 Å². The average Bonchev–Trinajstić information content (AvgIpc) is 2.58. The van der Waals surface area contributed by atoms with Gasteiger partial charge in [-0.25, -0.2) is 4.39 Å². The third-order valence-electron chi connectivity index (χ3n) is 3.96. The first kappa shape index (κ1) is 14.0. The summed E-state index contributed by atoms with van der Waals surface area (Å²) in [5.41, 5.74) is 1.23. The lowest BCUT2D eigenvalue weighted by Gasteiger charge is -2.20. The maximum atomic E-state index is 13.1. The summed E-state index contributed by atoms with van der Waals surface area (Å²) in [6.45, 7) is 0. The fourth-order valence-corrected chi connectivity index (χ4v) is 3.42. The Bertz CT molecular complexity index is 394. The summed E-state index contributed by atoms with van der Waals surface area (Å²) in [4.78, 5) is 0. The molecule has 3 heteroatoms. The fourth-order valence-electron chi connectivity index (χ4n) is 2.91. The molecule has 18 heavy (non-hydrogen) atoms. The van der Waals surface area contributed by atoms with E-state index >= 15 is 0 Å². The minimum absolute atomic E-state index is 0.167. The number of rotatable bonds is 3. The first-order chi connectivity index (χ1) is 8.69. The molecule has 0 aromatic heterocycles. The molecule has 0 spiro atoms. The maximum absolute atomic E-state index is 13.1. The van der Waals surface area contributed by atoms with Gasteiger partial charge in [-0.3, -0.25) is 0 Å². The number of nitrogens with one attached hydrogen (secondary N) is 1. The van der Waals surface area contributed by atoms with Crippen LogP contribution >= 0.6 is 15.9 Å². The summed E-state index contributed by atoms with van der Waals surface area (Å²) in [5, 5.41) is 3.41. The van der Waals surface area contributed by atoms with Gasteiger partial charge in [0.2, 0.25) is 0 Å². The van der Waals surface area contributed by atoms with Crippen molar-refractivity contribution in [3.63, 3.8) is 0 Å². The lowest BCUT2D eigenvalue weighted by molar-refractivity contribution is 0.400. The van der Waals surface area contributed by atoms with Gasteiger partial charge < -0.3 is 5.32 Å². The molecular weight excluding hydrogens is 293 g/mol. The average molecular weight is 314 g/mol. The van der Waals surface area contributed by atoms with Crippen molar-refractivity contribution in [3.8, 4) is 0 Å². The zero-order valence-corrected chi connectivity index (χ0v) is 12.5. The van der Waals surface area contributed by atoms with Crippen LogP contribution in [0.1, 0.15) is 37.7 Å². The molecule has 1 N–H and O–H groups in total. The molecule has 0 aliphatic heterocycles. The predicted octanol–water partition coefficient (Wildman–Crippen LogP) is 4.30. The Morgan fingerprint density at radius 1 is 1.33 bits per heavy atom. The second kappa shape index (κ2) is 6.67. The molecule has 100 valence electrons. The second-order valence-corrected chi connectivity index (χ2v) is 6.17. The van der Waals surface area contributed by atoms with E-state index in [1.165, 1.54) is 37.7 Å². The number of hydrogen-bond donors (Lipinski definition) is 1. The summed E-state index contributed by atoms with van der Waals surface area (Å²) in [7, 11) is 2.06. The number of benzene rings is 1. The van der Waals surface area contributed by atoms with E-state index in [-0.39, 0.29) is 5.82 Å². The highest BCUT2D eigenvalue weighted by molar-refractivity contribution is 9.10. The molecule has 1 nitrogen and oxygen atoms in total. The van der Waals surface area contributed by atoms with E-state index in [2.05, 4.69) is 28.3 Å². The van der Waals surface area contributed by atoms with Crippen LogP contribution in [0.4, 0.5) is 4.39 Å². The van der Waals surface area contributed by atoms with Crippen LogP contribution in [0.25, 0.3) is 0 Å². The van der Waals surface area contributed by atoms with Gasteiger partial charge in [0, 0.05) is 10.5 Å². The minimum Gasteiger partial charge on any atom is -0.317 e. The van der Waals surface area contributed by atoms with E-state index in [9.17, 15) is 4.39 Å². The van der Waals surface area contributed by atoms with E-state index in [4.69, 9.17) is 0 Å². The Hall–Kier alpha value is -0.410. The summed E-state index contributed by atoms with van der Waals surface area (Å²) >= 11 is 3.47. The first-order valence-electron chi connectivity index (χ1n) is 6.80. The molecule has 1 saturated carbocycles. The van der Waals surface area contributed by atoms with Gasteiger partial charge in [-0.2, -0.15) is 0 Å². The number of hydrogen-bond acceptors (Lipinski definition) is 1. The molecule has 2 atom stereocenters. The van der Waals surface area contributed by atoms with Gasteiger partial charge in [-0.1, -0.05) is 41.3 Å². The maximum Gasteiger partial charge on any atom is 0.124 e. The van der Waals surface area contributed by atoms with Crippen LogP contribution in [0.15, 0.2) is 22.7 Å². The van der Waals surface area contributed by atoms with Gasteiger partial charge in [0.15, 0.2) is 0 Å². The van der Waals surface area contributed by atoms with Crippen LogP contribution in [0.5, 0.6) is 0 Å². The van der Waals surface area contributed by atoms with Crippen LogP contribution in [0, 0.1) is 11.7 Å². The van der Waals surface area contributed by atoms with Gasteiger partial charge in [0.05, 0.1) is 0 Å². The summed E-state index contributed by atoms with van der Waals surface area (Å²) in [6.07, 6.45) is 7.52. The molecule has 2 unspecified atom stereocenters. The largest absolute Gasteiger partial charge is 0.317 e. The monoisotopic (exact) mass is 313 g/mol. The molecule has 1 aromatic carbocycles. The van der Waals surface area contributed by atoms with Gasteiger partial charge in [-0.05, 0) is 49.9 Å². The van der Waals surface area contributed by atoms with Crippen LogP contribution in [-0.2, 0) is 6.42 Å². The third-order valence-corrected chi connectivity index (χ3v) is 4.70. The van der Waals surface area contributed by atoms with Crippen molar-refractivity contribution in [1.29, 1.82) is 0 Å². The Kier molecular flexibility index (Phi) is 5.19. The van der Waals surface area contributed by atoms with Crippen molar-refractivity contribution in [2.45, 2.75) is 44.6 Å². The molecule has 2 rings (SSSR count). The third kappa shape index (κ3) is 3.79. The molecule has 1 aromatic rings. The van der Waals surface area contributed by atoms with Crippen LogP contribution in [-0.4, -0.2) is 13.1 Å². The smallest absolute Gasteiger partial charge is 0.124 e. The van der Waals surface area contributed by atoms with Gasteiger partial charge in [-0.15, -0.1) is 0 Å². The SMILES string of the molecule is CNC1CCCCC(Cc2ccc(F)cc2Br)C1. The van der Waals surface area contributed by atoms with E-state index < -0.39 is 0 Å². The van der Waals surface area contributed by atoms with E-state index in [0.29, 0.717) is 12.0 Å². The van der Waals surface area contributed by atoms with Crippen LogP contribution in [0.3, 0.4) is 0 Å². The van der Waals surface area contributed by atoms with Crippen molar-refractivity contribution >= 4 is 15.9 Å². The van der Waals surface area contributed by atoms with Crippen molar-refractivity contribution < 1.29 is 4.39 Å². The van der Waals surface area contributed by atoms with Crippen molar-refractivity contribution in [3.05, 3.63) is 34.1 Å². The molecule has 1 aliphatic carbocycles. The van der Waals surface area contributed by atoms with Crippen molar-refractivity contribution in [2.75, 3.05) is 7.05 Å². The Morgan fingerprint density at radius 3 is 2.83 bits per heavy atom.